The number of benzene rings is 2. The second kappa shape index (κ2) is 30.6. The molecule has 0 radical (unpaired) electrons. The molecule has 0 saturated carbocycles. The van der Waals surface area contributed by atoms with Crippen molar-refractivity contribution in [3.8, 4) is 0 Å². The molecule has 0 saturated heterocycles. The van der Waals surface area contributed by atoms with Crippen molar-refractivity contribution in [3.05, 3.63) is 59.7 Å². The molecule has 0 amide bonds. The molecule has 0 spiro atoms. The zero-order chi connectivity index (χ0) is 35.4. The molecular formula is C40H66MgO6S2. The van der Waals surface area contributed by atoms with Gasteiger partial charge in [-0.15, -0.1) is 0 Å². The molecular weight excluding hydrogens is 665 g/mol. The Hall–Kier alpha value is -0.974. The van der Waals surface area contributed by atoms with Crippen molar-refractivity contribution in [2.45, 2.75) is 191 Å². The number of aryl methyl sites for hydroxylation is 2. The molecule has 49 heavy (non-hydrogen) atoms. The first-order valence-electron chi connectivity index (χ1n) is 19.2. The Morgan fingerprint density at radius 1 is 0.408 bits per heavy atom. The molecule has 0 aliphatic carbocycles. The van der Waals surface area contributed by atoms with Crippen LogP contribution in [0.4, 0.5) is 0 Å². The standard InChI is InChI=1S/2C20H34O3S.Mg/c2*1-2-3-4-5-6-7-8-9-10-11-12-13-15-19-16-14-17-20(18-19)24(21,22)23;/h2*14,16-18H,2-13,15H2,1H3,(H,21,22,23);/q;;+2/p-2. The molecule has 9 heteroatoms. The van der Waals surface area contributed by atoms with Crippen molar-refractivity contribution < 1.29 is 25.9 Å². The van der Waals surface area contributed by atoms with Gasteiger partial charge in [0.05, 0.1) is 9.79 Å². The summed E-state index contributed by atoms with van der Waals surface area (Å²) in [6.07, 6.45) is 33.1. The van der Waals surface area contributed by atoms with Crippen molar-refractivity contribution >= 4 is 43.3 Å². The van der Waals surface area contributed by atoms with E-state index < -0.39 is 20.2 Å². The number of hydrogen-bond acceptors (Lipinski definition) is 6. The van der Waals surface area contributed by atoms with Gasteiger partial charge < -0.3 is 9.11 Å². The zero-order valence-electron chi connectivity index (χ0n) is 31.0. The maximum Gasteiger partial charge on any atom is 2.00 e. The summed E-state index contributed by atoms with van der Waals surface area (Å²) in [4.78, 5) is -0.224. The van der Waals surface area contributed by atoms with Crippen LogP contribution in [0, 0.1) is 0 Å². The summed E-state index contributed by atoms with van der Waals surface area (Å²) >= 11 is 0. The van der Waals surface area contributed by atoms with Gasteiger partial charge in [0.25, 0.3) is 0 Å². The van der Waals surface area contributed by atoms with Gasteiger partial charge in [-0.05, 0) is 61.1 Å². The van der Waals surface area contributed by atoms with Gasteiger partial charge in [-0.2, -0.15) is 0 Å². The van der Waals surface area contributed by atoms with Gasteiger partial charge in [0.15, 0.2) is 0 Å². The van der Waals surface area contributed by atoms with Crippen LogP contribution in [0.2, 0.25) is 0 Å². The first kappa shape index (κ1) is 48.0. The van der Waals surface area contributed by atoms with Crippen LogP contribution in [-0.2, 0) is 33.1 Å². The SMILES string of the molecule is CCCCCCCCCCCCCCc1cccc(S(=O)(=O)[O-])c1.CCCCCCCCCCCCCCc1cccc(S(=O)(=O)[O-])c1.[Mg+2]. The van der Waals surface area contributed by atoms with E-state index >= 15 is 0 Å². The van der Waals surface area contributed by atoms with Gasteiger partial charge in [0.2, 0.25) is 0 Å². The molecule has 0 unspecified atom stereocenters. The summed E-state index contributed by atoms with van der Waals surface area (Å²) in [5.41, 5.74) is 1.89. The van der Waals surface area contributed by atoms with Gasteiger partial charge in [-0.3, -0.25) is 0 Å². The smallest absolute Gasteiger partial charge is 0.744 e. The van der Waals surface area contributed by atoms with E-state index in [-0.39, 0.29) is 32.8 Å². The molecule has 276 valence electrons. The summed E-state index contributed by atoms with van der Waals surface area (Å²) in [6.45, 7) is 4.50. The van der Waals surface area contributed by atoms with Gasteiger partial charge in [0.1, 0.15) is 20.2 Å². The number of unbranched alkanes of at least 4 members (excludes halogenated alkanes) is 22. The summed E-state index contributed by atoms with van der Waals surface area (Å²) in [5.74, 6) is 0. The Morgan fingerprint density at radius 2 is 0.653 bits per heavy atom. The Kier molecular flexibility index (Phi) is 30.0. The average Bonchev–Trinajstić information content (AvgIpc) is 3.05. The molecule has 0 aromatic heterocycles. The fraction of sp³-hybridized carbons (Fsp3) is 0.700. The van der Waals surface area contributed by atoms with Crippen LogP contribution in [0.1, 0.15) is 179 Å². The van der Waals surface area contributed by atoms with Crippen LogP contribution >= 0.6 is 0 Å². The minimum atomic E-state index is -4.33. The molecule has 2 aromatic carbocycles. The third-order valence-corrected chi connectivity index (χ3v) is 10.7. The molecule has 2 aromatic rings. The van der Waals surface area contributed by atoms with E-state index in [4.69, 9.17) is 0 Å². The molecule has 6 nitrogen and oxygen atoms in total. The normalized spacial score (nSPS) is 11.5. The second-order valence-electron chi connectivity index (χ2n) is 13.5. The topological polar surface area (TPSA) is 114 Å². The van der Waals surface area contributed by atoms with E-state index in [1.807, 2.05) is 12.1 Å². The zero-order valence-corrected chi connectivity index (χ0v) is 34.0. The van der Waals surface area contributed by atoms with Crippen LogP contribution < -0.4 is 0 Å². The molecule has 2 rings (SSSR count). The monoisotopic (exact) mass is 730 g/mol. The van der Waals surface area contributed by atoms with Gasteiger partial charge in [-0.1, -0.05) is 179 Å². The fourth-order valence-corrected chi connectivity index (χ4v) is 7.14. The van der Waals surface area contributed by atoms with Crippen LogP contribution in [0.25, 0.3) is 0 Å². The molecule has 0 bridgehead atoms. The van der Waals surface area contributed by atoms with Crippen LogP contribution in [0.15, 0.2) is 58.3 Å². The Morgan fingerprint density at radius 3 is 0.898 bits per heavy atom. The minimum Gasteiger partial charge on any atom is -0.744 e. The molecule has 0 heterocycles. The minimum absolute atomic E-state index is 0. The number of rotatable bonds is 28. The summed E-state index contributed by atoms with van der Waals surface area (Å²) in [5, 5.41) is 0. The van der Waals surface area contributed by atoms with E-state index in [1.54, 1.807) is 12.1 Å². The molecule has 0 aliphatic heterocycles. The average molecular weight is 731 g/mol. The van der Waals surface area contributed by atoms with E-state index in [0.717, 1.165) is 36.8 Å². The second-order valence-corrected chi connectivity index (χ2v) is 16.2. The molecule has 0 N–H and O–H groups in total. The van der Waals surface area contributed by atoms with E-state index in [2.05, 4.69) is 13.8 Å². The predicted molar refractivity (Wildman–Crippen MR) is 204 cm³/mol. The quantitative estimate of drug-likeness (QED) is 0.0489. The van der Waals surface area contributed by atoms with Crippen molar-refractivity contribution in [1.82, 2.24) is 0 Å². The molecule has 0 fully saturated rings. The first-order chi connectivity index (χ1) is 23.1. The van der Waals surface area contributed by atoms with Gasteiger partial charge in [-0.25, -0.2) is 16.8 Å². The third kappa shape index (κ3) is 27.4. The largest absolute Gasteiger partial charge is 2.00 e. The summed E-state index contributed by atoms with van der Waals surface area (Å²) in [6, 6.07) is 12.9. The number of hydrogen-bond donors (Lipinski definition) is 0. The van der Waals surface area contributed by atoms with Crippen molar-refractivity contribution in [2.75, 3.05) is 0 Å². The fourth-order valence-electron chi connectivity index (χ4n) is 6.05. The summed E-state index contributed by atoms with van der Waals surface area (Å²) in [7, 11) is -8.66. The van der Waals surface area contributed by atoms with E-state index in [0.29, 0.717) is 0 Å². The summed E-state index contributed by atoms with van der Waals surface area (Å²) < 4.78 is 66.0. The Bertz CT molecular complexity index is 1180. The third-order valence-electron chi connectivity index (χ3n) is 9.01. The Balaban J connectivity index is 0.000000922. The van der Waals surface area contributed by atoms with Crippen molar-refractivity contribution in [3.63, 3.8) is 0 Å². The van der Waals surface area contributed by atoms with Crippen molar-refractivity contribution in [2.24, 2.45) is 0 Å². The first-order valence-corrected chi connectivity index (χ1v) is 22.0. The maximum atomic E-state index is 11.0. The van der Waals surface area contributed by atoms with Crippen molar-refractivity contribution in [1.29, 1.82) is 0 Å². The maximum absolute atomic E-state index is 11.0. The van der Waals surface area contributed by atoms with E-state index in [1.165, 1.54) is 166 Å². The van der Waals surface area contributed by atoms with Gasteiger partial charge >= 0.3 is 23.1 Å². The van der Waals surface area contributed by atoms with Crippen LogP contribution in [0.3, 0.4) is 0 Å². The predicted octanol–water partition coefficient (Wildman–Crippen LogP) is 11.3. The Labute approximate surface area is 317 Å². The van der Waals surface area contributed by atoms with Crippen LogP contribution in [-0.4, -0.2) is 49.0 Å². The van der Waals surface area contributed by atoms with Crippen LogP contribution in [0.5, 0.6) is 0 Å². The van der Waals surface area contributed by atoms with Gasteiger partial charge in [0, 0.05) is 0 Å². The molecule has 0 aliphatic rings. The van der Waals surface area contributed by atoms with E-state index in [9.17, 15) is 25.9 Å². The molecule has 0 atom stereocenters.